The summed E-state index contributed by atoms with van der Waals surface area (Å²) in [6.07, 6.45) is 5.45. The van der Waals surface area contributed by atoms with Crippen molar-refractivity contribution in [2.24, 2.45) is 10.7 Å². The topological polar surface area (TPSA) is 105 Å². The summed E-state index contributed by atoms with van der Waals surface area (Å²) in [5.41, 5.74) is 11.2. The lowest BCUT2D eigenvalue weighted by molar-refractivity contribution is 0.00578. The number of ether oxygens (including phenoxy) is 1. The van der Waals surface area contributed by atoms with Gasteiger partial charge in [-0.2, -0.15) is 5.10 Å². The van der Waals surface area contributed by atoms with Crippen molar-refractivity contribution in [2.75, 3.05) is 18.5 Å². The molecule has 0 radical (unpaired) electrons. The minimum Gasteiger partial charge on any atom is -0.543 e. The molecule has 1 aromatic carbocycles. The molecule has 2 saturated heterocycles. The number of nitrogens with two attached hydrogens (primary N) is 1. The van der Waals surface area contributed by atoms with Gasteiger partial charge in [-0.1, -0.05) is 27.7 Å². The van der Waals surface area contributed by atoms with E-state index in [9.17, 15) is 0 Å². The van der Waals surface area contributed by atoms with Gasteiger partial charge in [-0.05, 0) is 88.5 Å². The maximum atomic E-state index is 6.77. The number of anilines is 1. The molecule has 3 N–H and O–H groups in total. The second kappa shape index (κ2) is 11.3. The van der Waals surface area contributed by atoms with Crippen LogP contribution in [0.4, 0.5) is 11.4 Å². The first-order valence-electron chi connectivity index (χ1n) is 15.4. The highest BCUT2D eigenvalue weighted by atomic mass is 28.4. The van der Waals surface area contributed by atoms with Crippen LogP contribution >= 0.6 is 0 Å². The van der Waals surface area contributed by atoms with Crippen molar-refractivity contribution >= 4 is 43.6 Å². The number of rotatable bonds is 8. The van der Waals surface area contributed by atoms with Gasteiger partial charge in [-0.15, -0.1) is 0 Å². The summed E-state index contributed by atoms with van der Waals surface area (Å²) in [6.45, 7) is 23.0. The molecule has 2 fully saturated rings. The first kappa shape index (κ1) is 31.6. The number of aromatic nitrogens is 2. The number of hydrogen-bond acceptors (Lipinski definition) is 7. The fraction of sp³-hybridized carbons (Fsp3) is 0.562. The Morgan fingerprint density at radius 2 is 1.88 bits per heavy atom. The van der Waals surface area contributed by atoms with Crippen LogP contribution in [0.25, 0.3) is 5.52 Å². The Morgan fingerprint density at radius 1 is 1.19 bits per heavy atom. The zero-order chi connectivity index (χ0) is 31.4. The zero-order valence-corrected chi connectivity index (χ0v) is 28.5. The van der Waals surface area contributed by atoms with Crippen molar-refractivity contribution in [3.63, 3.8) is 0 Å². The highest BCUT2D eigenvalue weighted by Crippen LogP contribution is 2.39. The van der Waals surface area contributed by atoms with Gasteiger partial charge in [-0.3, -0.25) is 0 Å². The van der Waals surface area contributed by atoms with E-state index in [1.165, 1.54) is 0 Å². The highest BCUT2D eigenvalue weighted by Gasteiger charge is 2.52. The van der Waals surface area contributed by atoms with Gasteiger partial charge in [0.15, 0.2) is 0 Å². The SMILES string of the molecule is CCc1cc(O[Si](C)(C)C(C)(C)C)ccc1N=C(N)c1cnn2cc(B3OC(C)(C)C(C)(C)O3)cc2c1N[C@H]1CCOC1. The molecule has 4 heterocycles. The Labute approximate surface area is 257 Å². The molecule has 0 amide bonds. The molecule has 9 nitrogen and oxygen atoms in total. The van der Waals surface area contributed by atoms with Crippen LogP contribution in [-0.4, -0.2) is 61.3 Å². The van der Waals surface area contributed by atoms with Gasteiger partial charge in [-0.25, -0.2) is 9.51 Å². The molecule has 5 rings (SSSR count). The summed E-state index contributed by atoms with van der Waals surface area (Å²) >= 11 is 0. The molecule has 11 heteroatoms. The number of nitrogens with zero attached hydrogens (tertiary/aromatic N) is 3. The number of fused-ring (bicyclic) bond motifs is 1. The van der Waals surface area contributed by atoms with Crippen LogP contribution in [-0.2, 0) is 20.5 Å². The number of nitrogens with one attached hydrogen (secondary N) is 1. The number of amidine groups is 1. The smallest absolute Gasteiger partial charge is 0.496 e. The van der Waals surface area contributed by atoms with Crippen molar-refractivity contribution in [1.29, 1.82) is 0 Å². The number of aryl methyl sites for hydroxylation is 1. The predicted molar refractivity (Wildman–Crippen MR) is 178 cm³/mol. The molecule has 0 spiro atoms. The lowest BCUT2D eigenvalue weighted by Gasteiger charge is -2.36. The molecule has 2 aliphatic rings. The van der Waals surface area contributed by atoms with E-state index in [4.69, 9.17) is 34.3 Å². The van der Waals surface area contributed by atoms with Gasteiger partial charge in [0.2, 0.25) is 8.32 Å². The summed E-state index contributed by atoms with van der Waals surface area (Å²) in [4.78, 5) is 4.93. The van der Waals surface area contributed by atoms with E-state index in [1.54, 1.807) is 6.20 Å². The Bertz CT molecular complexity index is 1510. The molecular formula is C32H48BN5O4Si. The first-order valence-corrected chi connectivity index (χ1v) is 18.3. The van der Waals surface area contributed by atoms with E-state index >= 15 is 0 Å². The Kier molecular flexibility index (Phi) is 8.26. The van der Waals surface area contributed by atoms with E-state index < -0.39 is 26.6 Å². The van der Waals surface area contributed by atoms with Crippen molar-refractivity contribution in [1.82, 2.24) is 9.61 Å². The van der Waals surface area contributed by atoms with Crippen molar-refractivity contribution < 1.29 is 18.5 Å². The second-order valence-electron chi connectivity index (χ2n) is 14.3. The van der Waals surface area contributed by atoms with Crippen LogP contribution in [0.3, 0.4) is 0 Å². The van der Waals surface area contributed by atoms with E-state index in [0.717, 1.165) is 58.7 Å². The average Bonchev–Trinajstić information content (AvgIpc) is 3.62. The van der Waals surface area contributed by atoms with Crippen LogP contribution < -0.4 is 20.9 Å². The van der Waals surface area contributed by atoms with Gasteiger partial charge in [0.1, 0.15) is 11.6 Å². The summed E-state index contributed by atoms with van der Waals surface area (Å²) < 4.78 is 26.8. The third kappa shape index (κ3) is 6.22. The van der Waals surface area contributed by atoms with Crippen LogP contribution in [0.5, 0.6) is 5.75 Å². The minimum atomic E-state index is -1.97. The van der Waals surface area contributed by atoms with Crippen LogP contribution in [0.15, 0.2) is 41.7 Å². The van der Waals surface area contributed by atoms with Crippen molar-refractivity contribution in [2.45, 2.75) is 104 Å². The molecule has 1 atom stereocenters. The Hall–Kier alpha value is -2.86. The number of benzene rings is 1. The number of hydrogen-bond donors (Lipinski definition) is 2. The maximum absolute atomic E-state index is 6.77. The Balaban J connectivity index is 1.52. The third-order valence-electron chi connectivity index (χ3n) is 9.59. The second-order valence-corrected chi connectivity index (χ2v) is 19.1. The van der Waals surface area contributed by atoms with Gasteiger partial charge >= 0.3 is 7.12 Å². The average molecular weight is 606 g/mol. The molecule has 0 saturated carbocycles. The van der Waals surface area contributed by atoms with Gasteiger partial charge < -0.3 is 29.5 Å². The fourth-order valence-electron chi connectivity index (χ4n) is 5.04. The molecule has 3 aromatic rings. The molecule has 2 aliphatic heterocycles. The Morgan fingerprint density at radius 3 is 2.49 bits per heavy atom. The molecule has 0 aliphatic carbocycles. The van der Waals surface area contributed by atoms with Gasteiger partial charge in [0, 0.05) is 18.3 Å². The molecule has 0 bridgehead atoms. The van der Waals surface area contributed by atoms with Gasteiger partial charge in [0.25, 0.3) is 0 Å². The third-order valence-corrected chi connectivity index (χ3v) is 13.9. The molecule has 2 aromatic heterocycles. The van der Waals surface area contributed by atoms with Crippen LogP contribution in [0, 0.1) is 0 Å². The van der Waals surface area contributed by atoms with Crippen LogP contribution in [0.2, 0.25) is 18.1 Å². The molecule has 232 valence electrons. The summed E-state index contributed by atoms with van der Waals surface area (Å²) in [7, 11) is -2.46. The van der Waals surface area contributed by atoms with E-state index in [1.807, 2.05) is 22.8 Å². The van der Waals surface area contributed by atoms with Crippen molar-refractivity contribution in [3.05, 3.63) is 47.8 Å². The minimum absolute atomic E-state index is 0.112. The molecule has 0 unspecified atom stereocenters. The fourth-order valence-corrected chi connectivity index (χ4v) is 6.06. The zero-order valence-electron chi connectivity index (χ0n) is 27.5. The molecule has 43 heavy (non-hydrogen) atoms. The largest absolute Gasteiger partial charge is 0.543 e. The van der Waals surface area contributed by atoms with Crippen molar-refractivity contribution in [3.8, 4) is 5.75 Å². The summed E-state index contributed by atoms with van der Waals surface area (Å²) in [6, 6.07) is 8.34. The van der Waals surface area contributed by atoms with Gasteiger partial charge in [0.05, 0.1) is 52.5 Å². The lowest BCUT2D eigenvalue weighted by atomic mass is 9.81. The quantitative estimate of drug-likeness (QED) is 0.190. The monoisotopic (exact) mass is 605 g/mol. The van der Waals surface area contributed by atoms with E-state index in [2.05, 4.69) is 85.9 Å². The predicted octanol–water partition coefficient (Wildman–Crippen LogP) is 5.82. The maximum Gasteiger partial charge on any atom is 0.496 e. The highest BCUT2D eigenvalue weighted by molar-refractivity contribution is 6.74. The summed E-state index contributed by atoms with van der Waals surface area (Å²) in [5, 5.41) is 8.52. The molecular weight excluding hydrogens is 557 g/mol. The van der Waals surface area contributed by atoms with E-state index in [-0.39, 0.29) is 11.1 Å². The van der Waals surface area contributed by atoms with Crippen LogP contribution in [0.1, 0.15) is 72.9 Å². The lowest BCUT2D eigenvalue weighted by Crippen LogP contribution is -2.43. The normalized spacial score (nSPS) is 20.7. The first-order chi connectivity index (χ1) is 20.0. The number of aliphatic imine (C=N–C) groups is 1. The van der Waals surface area contributed by atoms with E-state index in [0.29, 0.717) is 12.4 Å². The summed E-state index contributed by atoms with van der Waals surface area (Å²) in [5.74, 6) is 1.28. The standard InChI is InChI=1S/C32H48BN5O4Si/c1-11-21-16-24(40-43(9,10)30(2,3)4)12-13-26(21)37-29(34)25-18-35-38-19-22(33-41-31(5,6)32(7,8)42-33)17-27(38)28(25)36-23-14-15-39-20-23/h12-13,16-19,23,36H,11,14-15,20H2,1-10H3,(H2,34,37)/t23-/m0/s1.